The molecule has 0 radical (unpaired) electrons. The summed E-state index contributed by atoms with van der Waals surface area (Å²) < 4.78 is 1.76. The third-order valence-electron chi connectivity index (χ3n) is 2.83. The Morgan fingerprint density at radius 1 is 1.35 bits per heavy atom. The fourth-order valence-electron chi connectivity index (χ4n) is 1.64. The molecule has 1 heterocycles. The molecule has 1 fully saturated rings. The summed E-state index contributed by atoms with van der Waals surface area (Å²) in [5.41, 5.74) is 0.624. The Hall–Kier alpha value is -1.78. The number of nitrogens with one attached hydrogen (secondary N) is 2. The third-order valence-corrected chi connectivity index (χ3v) is 2.83. The van der Waals surface area contributed by atoms with Crippen LogP contribution in [0.3, 0.4) is 0 Å². The number of aromatic nitrogens is 1. The lowest BCUT2D eigenvalue weighted by Crippen LogP contribution is -2.35. The molecule has 5 nitrogen and oxygen atoms in total. The van der Waals surface area contributed by atoms with Gasteiger partial charge < -0.3 is 15.2 Å². The number of hydrogen-bond donors (Lipinski definition) is 2. The van der Waals surface area contributed by atoms with E-state index >= 15 is 0 Å². The Labute approximate surface area is 100 Å². The molecule has 2 amide bonds. The Morgan fingerprint density at radius 2 is 2.06 bits per heavy atom. The topological polar surface area (TPSA) is 63.1 Å². The van der Waals surface area contributed by atoms with Crippen LogP contribution in [0, 0.1) is 5.92 Å². The minimum absolute atomic E-state index is 0.109. The van der Waals surface area contributed by atoms with E-state index in [-0.39, 0.29) is 17.7 Å². The summed E-state index contributed by atoms with van der Waals surface area (Å²) in [6.07, 6.45) is 3.83. The molecular formula is C12H17N3O2. The van der Waals surface area contributed by atoms with Gasteiger partial charge in [-0.25, -0.2) is 0 Å². The van der Waals surface area contributed by atoms with Gasteiger partial charge in [0.05, 0.1) is 0 Å². The van der Waals surface area contributed by atoms with Crippen molar-refractivity contribution >= 4 is 11.8 Å². The molecule has 0 unspecified atom stereocenters. The zero-order valence-corrected chi connectivity index (χ0v) is 9.90. The van der Waals surface area contributed by atoms with Gasteiger partial charge in [-0.05, 0) is 25.0 Å². The van der Waals surface area contributed by atoms with Gasteiger partial charge in [-0.1, -0.05) is 0 Å². The van der Waals surface area contributed by atoms with Crippen LogP contribution in [0.1, 0.15) is 23.3 Å². The first-order valence-corrected chi connectivity index (χ1v) is 5.85. The summed E-state index contributed by atoms with van der Waals surface area (Å²) in [4.78, 5) is 23.0. The summed E-state index contributed by atoms with van der Waals surface area (Å²) in [5, 5.41) is 5.57. The van der Waals surface area contributed by atoms with Crippen molar-refractivity contribution in [2.24, 2.45) is 13.0 Å². The van der Waals surface area contributed by atoms with E-state index in [1.165, 1.54) is 0 Å². The SMILES string of the molecule is Cn1cccc1C(=O)NCCNC(=O)C1CC1. The Morgan fingerprint density at radius 3 is 2.65 bits per heavy atom. The van der Waals surface area contributed by atoms with Crippen molar-refractivity contribution in [1.82, 2.24) is 15.2 Å². The number of carbonyl (C=O) groups is 2. The van der Waals surface area contributed by atoms with Crippen LogP contribution >= 0.6 is 0 Å². The molecule has 0 aliphatic heterocycles. The van der Waals surface area contributed by atoms with E-state index in [0.717, 1.165) is 12.8 Å². The van der Waals surface area contributed by atoms with Crippen molar-refractivity contribution < 1.29 is 9.59 Å². The molecule has 2 rings (SSSR count). The van der Waals surface area contributed by atoms with Crippen LogP contribution < -0.4 is 10.6 Å². The summed E-state index contributed by atoms with van der Waals surface area (Å²) in [7, 11) is 1.82. The molecule has 1 aliphatic rings. The lowest BCUT2D eigenvalue weighted by molar-refractivity contribution is -0.122. The highest BCUT2D eigenvalue weighted by molar-refractivity contribution is 5.92. The number of nitrogens with zero attached hydrogens (tertiary/aromatic N) is 1. The van der Waals surface area contributed by atoms with Crippen molar-refractivity contribution in [2.75, 3.05) is 13.1 Å². The van der Waals surface area contributed by atoms with Gasteiger partial charge in [-0.2, -0.15) is 0 Å². The minimum Gasteiger partial charge on any atom is -0.354 e. The Kier molecular flexibility index (Phi) is 3.46. The smallest absolute Gasteiger partial charge is 0.267 e. The molecule has 0 bridgehead atoms. The normalized spacial score (nSPS) is 14.4. The van der Waals surface area contributed by atoms with E-state index in [1.807, 2.05) is 19.3 Å². The average Bonchev–Trinajstić information content (AvgIpc) is 3.07. The van der Waals surface area contributed by atoms with Crippen LogP contribution in [0.4, 0.5) is 0 Å². The monoisotopic (exact) mass is 235 g/mol. The fraction of sp³-hybridized carbons (Fsp3) is 0.500. The van der Waals surface area contributed by atoms with Crippen LogP contribution in [0.25, 0.3) is 0 Å². The second-order valence-electron chi connectivity index (χ2n) is 4.33. The van der Waals surface area contributed by atoms with Crippen molar-refractivity contribution in [1.29, 1.82) is 0 Å². The van der Waals surface area contributed by atoms with Crippen molar-refractivity contribution in [3.63, 3.8) is 0 Å². The van der Waals surface area contributed by atoms with Crippen LogP contribution in [0.5, 0.6) is 0 Å². The maximum atomic E-state index is 11.7. The largest absolute Gasteiger partial charge is 0.354 e. The molecule has 0 aromatic carbocycles. The summed E-state index contributed by atoms with van der Waals surface area (Å²) in [5.74, 6) is 0.217. The average molecular weight is 235 g/mol. The molecule has 1 aromatic heterocycles. The van der Waals surface area contributed by atoms with E-state index in [1.54, 1.807) is 10.6 Å². The molecule has 0 atom stereocenters. The number of amides is 2. The first-order valence-electron chi connectivity index (χ1n) is 5.85. The number of aryl methyl sites for hydroxylation is 1. The quantitative estimate of drug-likeness (QED) is 0.720. The molecule has 0 saturated heterocycles. The van der Waals surface area contributed by atoms with Gasteiger partial charge in [0.1, 0.15) is 5.69 Å². The Balaban J connectivity index is 1.66. The molecule has 5 heteroatoms. The summed E-state index contributed by atoms with van der Waals surface area (Å²) in [6.45, 7) is 0.952. The number of carbonyl (C=O) groups excluding carboxylic acids is 2. The van der Waals surface area contributed by atoms with E-state index in [4.69, 9.17) is 0 Å². The predicted octanol–water partition coefficient (Wildman–Crippen LogP) is 0.281. The zero-order chi connectivity index (χ0) is 12.3. The highest BCUT2D eigenvalue weighted by Crippen LogP contribution is 2.28. The number of hydrogen-bond acceptors (Lipinski definition) is 2. The van der Waals surface area contributed by atoms with E-state index in [0.29, 0.717) is 18.8 Å². The summed E-state index contributed by atoms with van der Waals surface area (Å²) >= 11 is 0. The van der Waals surface area contributed by atoms with Gasteiger partial charge in [-0.3, -0.25) is 9.59 Å². The van der Waals surface area contributed by atoms with Crippen LogP contribution in [0.2, 0.25) is 0 Å². The van der Waals surface area contributed by atoms with Crippen molar-refractivity contribution in [3.8, 4) is 0 Å². The summed E-state index contributed by atoms with van der Waals surface area (Å²) in [6, 6.07) is 3.59. The fourth-order valence-corrected chi connectivity index (χ4v) is 1.64. The van der Waals surface area contributed by atoms with Gasteiger partial charge in [0.25, 0.3) is 5.91 Å². The second-order valence-corrected chi connectivity index (χ2v) is 4.33. The molecule has 1 aromatic rings. The molecule has 1 aliphatic carbocycles. The highest BCUT2D eigenvalue weighted by Gasteiger charge is 2.28. The van der Waals surface area contributed by atoms with E-state index < -0.39 is 0 Å². The minimum atomic E-state index is -0.113. The standard InChI is InChI=1S/C12H17N3O2/c1-15-8-2-3-10(15)12(17)14-7-6-13-11(16)9-4-5-9/h2-3,8-9H,4-7H2,1H3,(H,13,16)(H,14,17). The van der Waals surface area contributed by atoms with E-state index in [9.17, 15) is 9.59 Å². The Bertz CT molecular complexity index is 421. The van der Waals surface area contributed by atoms with Gasteiger partial charge in [0.15, 0.2) is 0 Å². The first-order chi connectivity index (χ1) is 8.18. The second kappa shape index (κ2) is 5.03. The van der Waals surface area contributed by atoms with Crippen molar-refractivity contribution in [3.05, 3.63) is 24.0 Å². The molecule has 1 saturated carbocycles. The highest BCUT2D eigenvalue weighted by atomic mass is 16.2. The zero-order valence-electron chi connectivity index (χ0n) is 9.90. The molecule has 92 valence electrons. The maximum Gasteiger partial charge on any atom is 0.267 e. The lowest BCUT2D eigenvalue weighted by atomic mass is 10.4. The van der Waals surface area contributed by atoms with Gasteiger partial charge in [-0.15, -0.1) is 0 Å². The van der Waals surface area contributed by atoms with E-state index in [2.05, 4.69) is 10.6 Å². The third kappa shape index (κ3) is 3.09. The lowest BCUT2D eigenvalue weighted by Gasteiger charge is -2.07. The molecule has 0 spiro atoms. The first kappa shape index (κ1) is 11.7. The molecule has 2 N–H and O–H groups in total. The van der Waals surface area contributed by atoms with Gasteiger partial charge >= 0.3 is 0 Å². The van der Waals surface area contributed by atoms with Crippen LogP contribution in [-0.4, -0.2) is 29.5 Å². The van der Waals surface area contributed by atoms with Crippen LogP contribution in [-0.2, 0) is 11.8 Å². The number of rotatable bonds is 5. The maximum absolute atomic E-state index is 11.7. The molecule has 17 heavy (non-hydrogen) atoms. The molecular weight excluding hydrogens is 218 g/mol. The predicted molar refractivity (Wildman–Crippen MR) is 63.5 cm³/mol. The van der Waals surface area contributed by atoms with Crippen molar-refractivity contribution in [2.45, 2.75) is 12.8 Å². The van der Waals surface area contributed by atoms with Gasteiger partial charge in [0, 0.05) is 32.3 Å². The van der Waals surface area contributed by atoms with Gasteiger partial charge in [0.2, 0.25) is 5.91 Å². The van der Waals surface area contributed by atoms with Crippen LogP contribution in [0.15, 0.2) is 18.3 Å².